The molecule has 0 bridgehead atoms. The van der Waals surface area contributed by atoms with Gasteiger partial charge in [-0.1, -0.05) is 19.1 Å². The van der Waals surface area contributed by atoms with Gasteiger partial charge >= 0.3 is 6.18 Å². The van der Waals surface area contributed by atoms with E-state index in [0.717, 1.165) is 6.07 Å². The minimum atomic E-state index is -4.55. The van der Waals surface area contributed by atoms with Gasteiger partial charge in [0.1, 0.15) is 0 Å². The van der Waals surface area contributed by atoms with Crippen molar-refractivity contribution in [2.45, 2.75) is 19.5 Å². The maximum atomic E-state index is 12.6. The molecule has 0 aliphatic heterocycles. The van der Waals surface area contributed by atoms with Gasteiger partial charge in [0, 0.05) is 5.56 Å². The maximum absolute atomic E-state index is 12.6. The molecule has 5 heteroatoms. The summed E-state index contributed by atoms with van der Waals surface area (Å²) in [6.45, 7) is 1.59. The van der Waals surface area contributed by atoms with Crippen molar-refractivity contribution in [1.82, 2.24) is 0 Å². The monoisotopic (exact) mass is 236 g/mol. The molecular weight excluding hydrogens is 229 g/mol. The molecule has 1 nitrogen and oxygen atoms in total. The van der Waals surface area contributed by atoms with Crippen LogP contribution in [-0.4, -0.2) is 5.24 Å². The summed E-state index contributed by atoms with van der Waals surface area (Å²) in [5.74, 6) is 0. The fourth-order valence-electron chi connectivity index (χ4n) is 1.39. The van der Waals surface area contributed by atoms with Crippen LogP contribution >= 0.6 is 11.6 Å². The van der Waals surface area contributed by atoms with Gasteiger partial charge in [0.25, 0.3) is 5.24 Å². The molecule has 0 amide bonds. The second-order valence-corrected chi connectivity index (χ2v) is 3.31. The van der Waals surface area contributed by atoms with E-state index in [-0.39, 0.29) is 12.0 Å². The summed E-state index contributed by atoms with van der Waals surface area (Å²) < 4.78 is 37.9. The van der Waals surface area contributed by atoms with Gasteiger partial charge in [-0.05, 0) is 29.7 Å². The van der Waals surface area contributed by atoms with Crippen LogP contribution in [0.3, 0.4) is 0 Å². The van der Waals surface area contributed by atoms with Gasteiger partial charge in [-0.3, -0.25) is 4.79 Å². The number of carbonyl (C=O) groups is 1. The highest BCUT2D eigenvalue weighted by Gasteiger charge is 2.36. The molecule has 0 fully saturated rings. The van der Waals surface area contributed by atoms with Crippen LogP contribution in [0.25, 0.3) is 0 Å². The average molecular weight is 237 g/mol. The van der Waals surface area contributed by atoms with Crippen LogP contribution in [-0.2, 0) is 12.6 Å². The summed E-state index contributed by atoms with van der Waals surface area (Å²) in [5.41, 5.74) is -1.33. The molecule has 0 aliphatic rings. The number of hydrogen-bond donors (Lipinski definition) is 0. The fourth-order valence-corrected chi connectivity index (χ4v) is 1.55. The van der Waals surface area contributed by atoms with Crippen LogP contribution in [0, 0.1) is 0 Å². The lowest BCUT2D eigenvalue weighted by molar-refractivity contribution is -0.138. The summed E-state index contributed by atoms with van der Waals surface area (Å²) in [6.07, 6.45) is -4.35. The molecular formula is C10H8ClF3O. The van der Waals surface area contributed by atoms with E-state index in [0.29, 0.717) is 0 Å². The van der Waals surface area contributed by atoms with Crippen molar-refractivity contribution in [2.75, 3.05) is 0 Å². The number of rotatable bonds is 2. The van der Waals surface area contributed by atoms with E-state index in [1.165, 1.54) is 12.1 Å². The molecule has 82 valence electrons. The Balaban J connectivity index is 3.47. The van der Waals surface area contributed by atoms with Crippen LogP contribution in [0.5, 0.6) is 0 Å². The molecule has 0 radical (unpaired) electrons. The molecule has 0 aliphatic carbocycles. The van der Waals surface area contributed by atoms with Crippen LogP contribution in [0.4, 0.5) is 13.2 Å². The summed E-state index contributed by atoms with van der Waals surface area (Å²) >= 11 is 5.10. The first-order chi connectivity index (χ1) is 6.88. The zero-order valence-electron chi connectivity index (χ0n) is 7.86. The quantitative estimate of drug-likeness (QED) is 0.717. The van der Waals surface area contributed by atoms with E-state index in [1.807, 2.05) is 0 Å². The van der Waals surface area contributed by atoms with Crippen LogP contribution in [0.1, 0.15) is 28.4 Å². The van der Waals surface area contributed by atoms with Crippen LogP contribution in [0.15, 0.2) is 18.2 Å². The smallest absolute Gasteiger partial charge is 0.276 e. The summed E-state index contributed by atoms with van der Waals surface area (Å²) in [5, 5.41) is -1.09. The van der Waals surface area contributed by atoms with Crippen molar-refractivity contribution in [3.8, 4) is 0 Å². The number of halogens is 4. The molecule has 15 heavy (non-hydrogen) atoms. The van der Waals surface area contributed by atoms with E-state index < -0.39 is 22.5 Å². The van der Waals surface area contributed by atoms with E-state index in [9.17, 15) is 18.0 Å². The highest BCUT2D eigenvalue weighted by molar-refractivity contribution is 6.68. The summed E-state index contributed by atoms with van der Waals surface area (Å²) in [4.78, 5) is 10.8. The normalized spacial score (nSPS) is 11.5. The predicted molar refractivity (Wildman–Crippen MR) is 51.0 cm³/mol. The summed E-state index contributed by atoms with van der Waals surface area (Å²) in [6, 6.07) is 3.81. The number of benzene rings is 1. The van der Waals surface area contributed by atoms with E-state index in [1.54, 1.807) is 6.92 Å². The van der Waals surface area contributed by atoms with Crippen molar-refractivity contribution >= 4 is 16.8 Å². The van der Waals surface area contributed by atoms with Gasteiger partial charge in [0.05, 0.1) is 5.56 Å². The number of alkyl halides is 3. The van der Waals surface area contributed by atoms with Gasteiger partial charge in [-0.25, -0.2) is 0 Å². The topological polar surface area (TPSA) is 17.1 Å². The lowest BCUT2D eigenvalue weighted by Crippen LogP contribution is -2.14. The van der Waals surface area contributed by atoms with E-state index in [4.69, 9.17) is 11.6 Å². The predicted octanol–water partition coefficient (Wildman–Crippen LogP) is 3.65. The van der Waals surface area contributed by atoms with Crippen molar-refractivity contribution in [2.24, 2.45) is 0 Å². The van der Waals surface area contributed by atoms with Crippen LogP contribution < -0.4 is 0 Å². The maximum Gasteiger partial charge on any atom is 0.417 e. The Morgan fingerprint density at radius 3 is 2.40 bits per heavy atom. The zero-order chi connectivity index (χ0) is 11.6. The molecule has 0 saturated carbocycles. The molecule has 0 N–H and O–H groups in total. The lowest BCUT2D eigenvalue weighted by atomic mass is 9.99. The third kappa shape index (κ3) is 2.50. The molecule has 0 unspecified atom stereocenters. The Hall–Kier alpha value is -1.03. The summed E-state index contributed by atoms with van der Waals surface area (Å²) in [7, 11) is 0. The first-order valence-corrected chi connectivity index (χ1v) is 4.64. The largest absolute Gasteiger partial charge is 0.417 e. The van der Waals surface area contributed by atoms with E-state index >= 15 is 0 Å². The Morgan fingerprint density at radius 2 is 2.00 bits per heavy atom. The first-order valence-electron chi connectivity index (χ1n) is 4.26. The highest BCUT2D eigenvalue weighted by Crippen LogP contribution is 2.35. The second kappa shape index (κ2) is 4.23. The third-order valence-electron chi connectivity index (χ3n) is 2.03. The minimum absolute atomic E-state index is 0.0778. The standard InChI is InChI=1S/C10H8ClF3O/c1-2-6-4-3-5-7(9(11)15)8(6)10(12,13)14/h3-5H,2H2,1H3. The van der Waals surface area contributed by atoms with Crippen molar-refractivity contribution < 1.29 is 18.0 Å². The van der Waals surface area contributed by atoms with Crippen molar-refractivity contribution in [3.05, 3.63) is 34.9 Å². The van der Waals surface area contributed by atoms with Gasteiger partial charge < -0.3 is 0 Å². The second-order valence-electron chi connectivity index (χ2n) is 2.96. The Morgan fingerprint density at radius 1 is 1.40 bits per heavy atom. The highest BCUT2D eigenvalue weighted by atomic mass is 35.5. The first kappa shape index (κ1) is 12.0. The van der Waals surface area contributed by atoms with Crippen molar-refractivity contribution in [3.63, 3.8) is 0 Å². The fraction of sp³-hybridized carbons (Fsp3) is 0.300. The van der Waals surface area contributed by atoms with E-state index in [2.05, 4.69) is 0 Å². The number of aryl methyl sites for hydroxylation is 1. The van der Waals surface area contributed by atoms with Gasteiger partial charge in [-0.15, -0.1) is 0 Å². The molecule has 0 aromatic heterocycles. The van der Waals surface area contributed by atoms with Crippen LogP contribution in [0.2, 0.25) is 0 Å². The molecule has 0 saturated heterocycles. The molecule has 1 rings (SSSR count). The van der Waals surface area contributed by atoms with Gasteiger partial charge in [0.2, 0.25) is 0 Å². The third-order valence-corrected chi connectivity index (χ3v) is 2.23. The molecule has 0 atom stereocenters. The Labute approximate surface area is 89.9 Å². The Kier molecular flexibility index (Phi) is 3.39. The lowest BCUT2D eigenvalue weighted by Gasteiger charge is -2.14. The van der Waals surface area contributed by atoms with Gasteiger partial charge in [-0.2, -0.15) is 13.2 Å². The number of carbonyl (C=O) groups excluding carboxylic acids is 1. The molecule has 1 aromatic rings. The zero-order valence-corrected chi connectivity index (χ0v) is 8.62. The molecule has 0 heterocycles. The number of hydrogen-bond acceptors (Lipinski definition) is 1. The minimum Gasteiger partial charge on any atom is -0.276 e. The van der Waals surface area contributed by atoms with Crippen molar-refractivity contribution in [1.29, 1.82) is 0 Å². The molecule has 0 spiro atoms. The molecule has 1 aromatic carbocycles. The SMILES string of the molecule is CCc1cccc(C(=O)Cl)c1C(F)(F)F. The van der Waals surface area contributed by atoms with Gasteiger partial charge in [0.15, 0.2) is 0 Å². The Bertz CT molecular complexity index is 385. The average Bonchev–Trinajstić information content (AvgIpc) is 2.15.